The molecule has 134 valence electrons. The molecule has 1 atom stereocenters. The maximum atomic E-state index is 12.5. The van der Waals surface area contributed by atoms with Gasteiger partial charge < -0.3 is 0 Å². The summed E-state index contributed by atoms with van der Waals surface area (Å²) >= 11 is 0. The molecule has 0 aromatic heterocycles. The Kier molecular flexibility index (Phi) is 5.95. The first kappa shape index (κ1) is 18.8. The van der Waals surface area contributed by atoms with E-state index in [1.54, 1.807) is 6.92 Å². The standard InChI is InChI=1S/C16H25N3O4S/c1-12-6-8-18(9-7-12)14(3)11-17-24(22,23)16-5-4-15(19(20)21)10-13(16)2/h4-5,10,12,14,17H,6-9,11H2,1-3H3. The Morgan fingerprint density at radius 1 is 1.38 bits per heavy atom. The van der Waals surface area contributed by atoms with Crippen molar-refractivity contribution in [3.63, 3.8) is 0 Å². The minimum absolute atomic E-state index is 0.0903. The Labute approximate surface area is 143 Å². The summed E-state index contributed by atoms with van der Waals surface area (Å²) in [6.07, 6.45) is 2.27. The SMILES string of the molecule is Cc1cc([N+](=O)[O-])ccc1S(=O)(=O)NCC(C)N1CCC(C)CC1. The normalized spacial score (nSPS) is 18.5. The molecular weight excluding hydrogens is 330 g/mol. The van der Waals surface area contributed by atoms with Crippen molar-refractivity contribution in [2.75, 3.05) is 19.6 Å². The highest BCUT2D eigenvalue weighted by molar-refractivity contribution is 7.89. The lowest BCUT2D eigenvalue weighted by molar-refractivity contribution is -0.385. The van der Waals surface area contributed by atoms with E-state index in [1.807, 2.05) is 6.92 Å². The quantitative estimate of drug-likeness (QED) is 0.624. The van der Waals surface area contributed by atoms with Gasteiger partial charge in [-0.2, -0.15) is 0 Å². The zero-order chi connectivity index (χ0) is 17.9. The Bertz CT molecular complexity index is 697. The summed E-state index contributed by atoms with van der Waals surface area (Å²) in [6, 6.07) is 3.91. The van der Waals surface area contributed by atoms with Gasteiger partial charge in [0, 0.05) is 24.7 Å². The average Bonchev–Trinajstić information content (AvgIpc) is 2.53. The average molecular weight is 355 g/mol. The Morgan fingerprint density at radius 3 is 2.54 bits per heavy atom. The number of benzene rings is 1. The molecule has 0 amide bonds. The molecule has 1 heterocycles. The second-order valence-electron chi connectivity index (χ2n) is 6.63. The summed E-state index contributed by atoms with van der Waals surface area (Å²) in [5.74, 6) is 0.730. The van der Waals surface area contributed by atoms with Crippen molar-refractivity contribution in [1.29, 1.82) is 0 Å². The van der Waals surface area contributed by atoms with E-state index in [0.29, 0.717) is 12.1 Å². The fourth-order valence-electron chi connectivity index (χ4n) is 2.96. The fourth-order valence-corrected chi connectivity index (χ4v) is 4.30. The summed E-state index contributed by atoms with van der Waals surface area (Å²) in [7, 11) is -3.68. The van der Waals surface area contributed by atoms with Crippen LogP contribution in [0.3, 0.4) is 0 Å². The van der Waals surface area contributed by atoms with Gasteiger partial charge in [0.2, 0.25) is 10.0 Å². The maximum absolute atomic E-state index is 12.5. The highest BCUT2D eigenvalue weighted by atomic mass is 32.2. The van der Waals surface area contributed by atoms with Gasteiger partial charge in [0.25, 0.3) is 5.69 Å². The van der Waals surface area contributed by atoms with Crippen LogP contribution in [0, 0.1) is 23.0 Å². The predicted octanol–water partition coefficient (Wildman–Crippen LogP) is 2.30. The summed E-state index contributed by atoms with van der Waals surface area (Å²) in [5, 5.41) is 10.8. The maximum Gasteiger partial charge on any atom is 0.269 e. The first-order chi connectivity index (χ1) is 11.2. The summed E-state index contributed by atoms with van der Waals surface area (Å²) in [4.78, 5) is 12.6. The molecule has 0 bridgehead atoms. The van der Waals surface area contributed by atoms with Gasteiger partial charge in [-0.3, -0.25) is 15.0 Å². The monoisotopic (exact) mass is 355 g/mol. The molecular formula is C16H25N3O4S. The molecule has 0 spiro atoms. The van der Waals surface area contributed by atoms with Crippen LogP contribution in [-0.4, -0.2) is 43.9 Å². The van der Waals surface area contributed by atoms with Gasteiger partial charge in [-0.05, 0) is 57.3 Å². The summed E-state index contributed by atoms with van der Waals surface area (Å²) in [6.45, 7) is 8.12. The lowest BCUT2D eigenvalue weighted by atomic mass is 9.98. The smallest absolute Gasteiger partial charge is 0.269 e. The molecule has 24 heavy (non-hydrogen) atoms. The minimum Gasteiger partial charge on any atom is -0.299 e. The van der Waals surface area contributed by atoms with Gasteiger partial charge in [0.1, 0.15) is 0 Å². The topological polar surface area (TPSA) is 92.5 Å². The third-order valence-corrected chi connectivity index (χ3v) is 6.25. The highest BCUT2D eigenvalue weighted by Crippen LogP contribution is 2.21. The van der Waals surface area contributed by atoms with Crippen LogP contribution in [0.25, 0.3) is 0 Å². The Balaban J connectivity index is 2.02. The van der Waals surface area contributed by atoms with Crippen molar-refractivity contribution >= 4 is 15.7 Å². The number of nitro benzene ring substituents is 1. The third-order valence-electron chi connectivity index (χ3n) is 4.67. The van der Waals surface area contributed by atoms with Crippen molar-refractivity contribution in [1.82, 2.24) is 9.62 Å². The van der Waals surface area contributed by atoms with Crippen LogP contribution in [0.2, 0.25) is 0 Å². The number of hydrogen-bond donors (Lipinski definition) is 1. The molecule has 1 aromatic rings. The molecule has 1 fully saturated rings. The van der Waals surface area contributed by atoms with Crippen LogP contribution in [-0.2, 0) is 10.0 Å². The van der Waals surface area contributed by atoms with Gasteiger partial charge in [-0.25, -0.2) is 13.1 Å². The van der Waals surface area contributed by atoms with Crippen LogP contribution >= 0.6 is 0 Å². The molecule has 7 nitrogen and oxygen atoms in total. The van der Waals surface area contributed by atoms with Crippen LogP contribution in [0.1, 0.15) is 32.3 Å². The number of piperidine rings is 1. The van der Waals surface area contributed by atoms with Crippen molar-refractivity contribution in [3.05, 3.63) is 33.9 Å². The van der Waals surface area contributed by atoms with E-state index >= 15 is 0 Å². The van der Waals surface area contributed by atoms with E-state index in [4.69, 9.17) is 0 Å². The first-order valence-corrected chi connectivity index (χ1v) is 9.68. The van der Waals surface area contributed by atoms with E-state index in [0.717, 1.165) is 31.8 Å². The van der Waals surface area contributed by atoms with Gasteiger partial charge >= 0.3 is 0 Å². The van der Waals surface area contributed by atoms with Crippen molar-refractivity contribution < 1.29 is 13.3 Å². The lowest BCUT2D eigenvalue weighted by Gasteiger charge is -2.35. The Hall–Kier alpha value is -1.51. The highest BCUT2D eigenvalue weighted by Gasteiger charge is 2.23. The molecule has 1 aromatic carbocycles. The molecule has 1 unspecified atom stereocenters. The first-order valence-electron chi connectivity index (χ1n) is 8.19. The number of aryl methyl sites for hydroxylation is 1. The molecule has 8 heteroatoms. The van der Waals surface area contributed by atoms with E-state index in [2.05, 4.69) is 16.5 Å². The zero-order valence-corrected chi connectivity index (χ0v) is 15.2. The Morgan fingerprint density at radius 2 is 2.00 bits per heavy atom. The van der Waals surface area contributed by atoms with E-state index in [-0.39, 0.29) is 16.6 Å². The zero-order valence-electron chi connectivity index (χ0n) is 14.4. The lowest BCUT2D eigenvalue weighted by Crippen LogP contribution is -2.45. The van der Waals surface area contributed by atoms with Crippen LogP contribution in [0.5, 0.6) is 0 Å². The fraction of sp³-hybridized carbons (Fsp3) is 0.625. The molecule has 0 saturated carbocycles. The number of nitrogens with zero attached hydrogens (tertiary/aromatic N) is 2. The van der Waals surface area contributed by atoms with E-state index < -0.39 is 14.9 Å². The molecule has 1 aliphatic rings. The van der Waals surface area contributed by atoms with Crippen LogP contribution in [0.15, 0.2) is 23.1 Å². The second kappa shape index (κ2) is 7.58. The van der Waals surface area contributed by atoms with Crippen molar-refractivity contribution in [2.45, 2.75) is 44.6 Å². The van der Waals surface area contributed by atoms with Crippen LogP contribution in [0.4, 0.5) is 5.69 Å². The molecule has 1 N–H and O–H groups in total. The number of rotatable bonds is 6. The van der Waals surface area contributed by atoms with Crippen molar-refractivity contribution in [2.24, 2.45) is 5.92 Å². The van der Waals surface area contributed by atoms with Crippen molar-refractivity contribution in [3.8, 4) is 0 Å². The van der Waals surface area contributed by atoms with Gasteiger partial charge in [0.15, 0.2) is 0 Å². The van der Waals surface area contributed by atoms with Crippen LogP contribution < -0.4 is 4.72 Å². The molecule has 0 radical (unpaired) electrons. The number of nitro groups is 1. The number of sulfonamides is 1. The summed E-state index contributed by atoms with van der Waals surface area (Å²) in [5.41, 5.74) is 0.262. The number of non-ortho nitro benzene ring substituents is 1. The largest absolute Gasteiger partial charge is 0.299 e. The van der Waals surface area contributed by atoms with E-state index in [1.165, 1.54) is 18.2 Å². The predicted molar refractivity (Wildman–Crippen MR) is 92.5 cm³/mol. The second-order valence-corrected chi connectivity index (χ2v) is 8.36. The number of nitrogens with one attached hydrogen (secondary N) is 1. The van der Waals surface area contributed by atoms with Gasteiger partial charge in [0.05, 0.1) is 9.82 Å². The van der Waals surface area contributed by atoms with Gasteiger partial charge in [-0.1, -0.05) is 6.92 Å². The van der Waals surface area contributed by atoms with Gasteiger partial charge in [-0.15, -0.1) is 0 Å². The molecule has 1 aliphatic heterocycles. The molecule has 2 rings (SSSR count). The number of likely N-dealkylation sites (tertiary alicyclic amines) is 1. The molecule has 0 aliphatic carbocycles. The number of hydrogen-bond acceptors (Lipinski definition) is 5. The summed E-state index contributed by atoms with van der Waals surface area (Å²) < 4.78 is 27.6. The third kappa shape index (κ3) is 4.52. The minimum atomic E-state index is -3.68. The molecule has 1 saturated heterocycles. The van der Waals surface area contributed by atoms with E-state index in [9.17, 15) is 18.5 Å².